The third kappa shape index (κ3) is 1.73. The van der Waals surface area contributed by atoms with Crippen LogP contribution in [-0.4, -0.2) is 18.3 Å². The Morgan fingerprint density at radius 2 is 2.00 bits per heavy atom. The lowest BCUT2D eigenvalue weighted by atomic mass is 9.90. The largest absolute Gasteiger partial charge is 0.508 e. The van der Waals surface area contributed by atoms with Gasteiger partial charge in [0.25, 0.3) is 0 Å². The third-order valence-electron chi connectivity index (χ3n) is 2.66. The van der Waals surface area contributed by atoms with Crippen LogP contribution in [0.3, 0.4) is 0 Å². The molecule has 1 aliphatic heterocycles. The SMILES string of the molecule is Oc1cccc(F)c1C1CCOCC1. The summed E-state index contributed by atoms with van der Waals surface area (Å²) in [4.78, 5) is 0. The Balaban J connectivity index is 2.29. The Bertz CT molecular complexity index is 299. The summed E-state index contributed by atoms with van der Waals surface area (Å²) in [5.74, 6) is -0.140. The first-order chi connectivity index (χ1) is 6.79. The normalized spacial score (nSPS) is 18.4. The first-order valence-corrected chi connectivity index (χ1v) is 4.84. The van der Waals surface area contributed by atoms with E-state index in [1.807, 2.05) is 0 Å². The number of hydrogen-bond acceptors (Lipinski definition) is 2. The van der Waals surface area contributed by atoms with E-state index in [2.05, 4.69) is 0 Å². The van der Waals surface area contributed by atoms with Gasteiger partial charge in [0.15, 0.2) is 0 Å². The van der Waals surface area contributed by atoms with Crippen molar-refractivity contribution in [3.63, 3.8) is 0 Å². The highest BCUT2D eigenvalue weighted by atomic mass is 19.1. The standard InChI is InChI=1S/C11H13FO2/c12-9-2-1-3-10(13)11(9)8-4-6-14-7-5-8/h1-3,8,13H,4-7H2. The number of phenolic OH excluding ortho intramolecular Hbond substituents is 1. The van der Waals surface area contributed by atoms with E-state index in [1.54, 1.807) is 0 Å². The number of rotatable bonds is 1. The quantitative estimate of drug-likeness (QED) is 0.747. The molecule has 1 aromatic carbocycles. The van der Waals surface area contributed by atoms with Gasteiger partial charge in [-0.1, -0.05) is 6.07 Å². The summed E-state index contributed by atoms with van der Waals surface area (Å²) >= 11 is 0. The van der Waals surface area contributed by atoms with Crippen molar-refractivity contribution < 1.29 is 14.2 Å². The molecule has 0 amide bonds. The first kappa shape index (κ1) is 9.46. The van der Waals surface area contributed by atoms with Crippen molar-refractivity contribution >= 4 is 0 Å². The predicted molar refractivity (Wildman–Crippen MR) is 50.9 cm³/mol. The van der Waals surface area contributed by atoms with Gasteiger partial charge in [-0.15, -0.1) is 0 Å². The van der Waals surface area contributed by atoms with Gasteiger partial charge in [0.2, 0.25) is 0 Å². The van der Waals surface area contributed by atoms with Crippen LogP contribution < -0.4 is 0 Å². The second kappa shape index (κ2) is 3.96. The summed E-state index contributed by atoms with van der Waals surface area (Å²) in [5, 5.41) is 9.56. The van der Waals surface area contributed by atoms with E-state index >= 15 is 0 Å². The second-order valence-electron chi connectivity index (χ2n) is 3.56. The molecular formula is C11H13FO2. The van der Waals surface area contributed by atoms with Gasteiger partial charge >= 0.3 is 0 Å². The topological polar surface area (TPSA) is 29.5 Å². The van der Waals surface area contributed by atoms with Gasteiger partial charge in [-0.25, -0.2) is 4.39 Å². The number of phenols is 1. The fraction of sp³-hybridized carbons (Fsp3) is 0.455. The number of aromatic hydroxyl groups is 1. The highest BCUT2D eigenvalue weighted by Gasteiger charge is 2.21. The van der Waals surface area contributed by atoms with Crippen LogP contribution in [0.5, 0.6) is 5.75 Å². The van der Waals surface area contributed by atoms with E-state index in [0.29, 0.717) is 18.8 Å². The number of benzene rings is 1. The van der Waals surface area contributed by atoms with E-state index in [-0.39, 0.29) is 17.5 Å². The highest BCUT2D eigenvalue weighted by molar-refractivity contribution is 5.36. The fourth-order valence-electron chi connectivity index (χ4n) is 1.92. The molecule has 0 saturated carbocycles. The molecule has 0 atom stereocenters. The molecule has 0 bridgehead atoms. The van der Waals surface area contributed by atoms with Crippen molar-refractivity contribution in [3.8, 4) is 5.75 Å². The maximum absolute atomic E-state index is 13.4. The summed E-state index contributed by atoms with van der Waals surface area (Å²) < 4.78 is 18.6. The van der Waals surface area contributed by atoms with Crippen molar-refractivity contribution in [1.82, 2.24) is 0 Å². The minimum absolute atomic E-state index is 0.0666. The van der Waals surface area contributed by atoms with Gasteiger partial charge in [-0.3, -0.25) is 0 Å². The van der Waals surface area contributed by atoms with Crippen molar-refractivity contribution in [2.45, 2.75) is 18.8 Å². The first-order valence-electron chi connectivity index (χ1n) is 4.84. The van der Waals surface area contributed by atoms with Gasteiger partial charge in [0.05, 0.1) is 0 Å². The monoisotopic (exact) mass is 196 g/mol. The molecule has 1 heterocycles. The van der Waals surface area contributed by atoms with E-state index in [9.17, 15) is 9.50 Å². The van der Waals surface area contributed by atoms with E-state index in [4.69, 9.17) is 4.74 Å². The zero-order chi connectivity index (χ0) is 9.97. The Morgan fingerprint density at radius 3 is 2.64 bits per heavy atom. The predicted octanol–water partition coefficient (Wildman–Crippen LogP) is 2.43. The summed E-state index contributed by atoms with van der Waals surface area (Å²) in [5.41, 5.74) is 0.454. The molecule has 0 aromatic heterocycles. The molecule has 1 saturated heterocycles. The van der Waals surface area contributed by atoms with Crippen LogP contribution in [0.2, 0.25) is 0 Å². The Labute approximate surface area is 82.3 Å². The maximum Gasteiger partial charge on any atom is 0.130 e. The summed E-state index contributed by atoms with van der Waals surface area (Å²) in [6.45, 7) is 1.30. The van der Waals surface area contributed by atoms with E-state index < -0.39 is 0 Å². The van der Waals surface area contributed by atoms with Crippen molar-refractivity contribution in [1.29, 1.82) is 0 Å². The molecule has 1 fully saturated rings. The van der Waals surface area contributed by atoms with Gasteiger partial charge in [0, 0.05) is 18.8 Å². The summed E-state index contributed by atoms with van der Waals surface area (Å²) in [6, 6.07) is 4.45. The minimum atomic E-state index is -0.308. The summed E-state index contributed by atoms with van der Waals surface area (Å²) in [6.07, 6.45) is 1.57. The number of hydrogen-bond donors (Lipinski definition) is 1. The van der Waals surface area contributed by atoms with Crippen LogP contribution in [-0.2, 0) is 4.74 Å². The molecule has 1 aromatic rings. The molecule has 0 unspecified atom stereocenters. The lowest BCUT2D eigenvalue weighted by Crippen LogP contribution is -2.15. The number of halogens is 1. The molecule has 14 heavy (non-hydrogen) atoms. The Morgan fingerprint density at radius 1 is 1.29 bits per heavy atom. The molecule has 2 rings (SSSR count). The molecule has 0 spiro atoms. The van der Waals surface area contributed by atoms with Crippen LogP contribution in [0, 0.1) is 5.82 Å². The van der Waals surface area contributed by atoms with Crippen molar-refractivity contribution in [2.24, 2.45) is 0 Å². The van der Waals surface area contributed by atoms with E-state index in [0.717, 1.165) is 12.8 Å². The van der Waals surface area contributed by atoms with Gasteiger partial charge < -0.3 is 9.84 Å². The minimum Gasteiger partial charge on any atom is -0.508 e. The molecule has 1 aliphatic rings. The van der Waals surface area contributed by atoms with Crippen molar-refractivity contribution in [2.75, 3.05) is 13.2 Å². The Hall–Kier alpha value is -1.09. The smallest absolute Gasteiger partial charge is 0.130 e. The Kier molecular flexibility index (Phi) is 2.68. The average Bonchev–Trinajstić information content (AvgIpc) is 2.19. The fourth-order valence-corrected chi connectivity index (χ4v) is 1.92. The lowest BCUT2D eigenvalue weighted by Gasteiger charge is -2.23. The lowest BCUT2D eigenvalue weighted by molar-refractivity contribution is 0.0841. The molecule has 0 radical (unpaired) electrons. The average molecular weight is 196 g/mol. The zero-order valence-electron chi connectivity index (χ0n) is 7.87. The van der Waals surface area contributed by atoms with Gasteiger partial charge in [0.1, 0.15) is 11.6 Å². The number of ether oxygens (including phenoxy) is 1. The molecule has 0 aliphatic carbocycles. The van der Waals surface area contributed by atoms with Crippen LogP contribution in [0.4, 0.5) is 4.39 Å². The zero-order valence-corrected chi connectivity index (χ0v) is 7.87. The van der Waals surface area contributed by atoms with Crippen LogP contribution in [0.1, 0.15) is 24.3 Å². The van der Waals surface area contributed by atoms with Crippen LogP contribution in [0.15, 0.2) is 18.2 Å². The third-order valence-corrected chi connectivity index (χ3v) is 2.66. The van der Waals surface area contributed by atoms with Crippen LogP contribution in [0.25, 0.3) is 0 Å². The highest BCUT2D eigenvalue weighted by Crippen LogP contribution is 2.34. The second-order valence-corrected chi connectivity index (χ2v) is 3.56. The van der Waals surface area contributed by atoms with Gasteiger partial charge in [-0.05, 0) is 30.9 Å². The van der Waals surface area contributed by atoms with E-state index in [1.165, 1.54) is 18.2 Å². The molecule has 1 N–H and O–H groups in total. The van der Waals surface area contributed by atoms with Gasteiger partial charge in [-0.2, -0.15) is 0 Å². The molecule has 3 heteroatoms. The van der Waals surface area contributed by atoms with Crippen LogP contribution >= 0.6 is 0 Å². The molecule has 76 valence electrons. The molecular weight excluding hydrogens is 183 g/mol. The molecule has 2 nitrogen and oxygen atoms in total. The maximum atomic E-state index is 13.4. The summed E-state index contributed by atoms with van der Waals surface area (Å²) in [7, 11) is 0. The van der Waals surface area contributed by atoms with Crippen molar-refractivity contribution in [3.05, 3.63) is 29.6 Å².